The topological polar surface area (TPSA) is 0 Å². The Labute approximate surface area is 606 Å². The van der Waals surface area contributed by atoms with Gasteiger partial charge in [-0.3, -0.25) is 0 Å². The van der Waals surface area contributed by atoms with Crippen molar-refractivity contribution in [2.24, 2.45) is 0 Å². The summed E-state index contributed by atoms with van der Waals surface area (Å²) in [7, 11) is 5.94. The van der Waals surface area contributed by atoms with Crippen LogP contribution in [0.15, 0.2) is 243 Å². The van der Waals surface area contributed by atoms with E-state index in [0.717, 1.165) is 38.5 Å². The summed E-state index contributed by atoms with van der Waals surface area (Å²) in [6.45, 7) is 42.5. The van der Waals surface area contributed by atoms with Gasteiger partial charge in [-0.05, 0) is 22.3 Å². The first kappa shape index (κ1) is 86.4. The average Bonchev–Trinajstić information content (AvgIpc) is 1.74. The molecule has 0 saturated carbocycles. The van der Waals surface area contributed by atoms with Crippen molar-refractivity contribution in [3.63, 3.8) is 0 Å². The molecule has 92 heavy (non-hydrogen) atoms. The van der Waals surface area contributed by atoms with Gasteiger partial charge in [-0.25, -0.2) is 0 Å². The molecule has 12 aromatic rings. The van der Waals surface area contributed by atoms with Gasteiger partial charge in [0.25, 0.3) is 0 Å². The third kappa shape index (κ3) is 31.1. The summed E-state index contributed by atoms with van der Waals surface area (Å²) < 4.78 is 0. The maximum Gasteiger partial charge on any atom is 0.0184 e. The van der Waals surface area contributed by atoms with Crippen LogP contribution in [0.2, 0.25) is 13.1 Å². The fourth-order valence-electron chi connectivity index (χ4n) is 9.37. The predicted octanol–water partition coefficient (Wildman–Crippen LogP) is 27.2. The normalized spacial score (nSPS) is 9.54. The second-order valence-corrected chi connectivity index (χ2v) is 21.7. The van der Waals surface area contributed by atoms with E-state index in [1.807, 2.05) is 0 Å². The molecule has 0 fully saturated rings. The van der Waals surface area contributed by atoms with Crippen molar-refractivity contribution in [1.29, 1.82) is 0 Å². The molecule has 0 N–H and O–H groups in total. The molecule has 0 aromatic heterocycles. The van der Waals surface area contributed by atoms with E-state index in [1.54, 1.807) is 13.1 Å². The zero-order valence-corrected chi connectivity index (χ0v) is 67.0. The summed E-state index contributed by atoms with van der Waals surface area (Å²) in [5.74, 6) is 0. The first-order chi connectivity index (χ1) is 43.9. The van der Waals surface area contributed by atoms with Crippen LogP contribution in [-0.2, 0) is 51.7 Å². The number of unbranched alkanes of at least 4 members (excludes halogenated alkanes) is 7. The number of hydrogen-bond donors (Lipinski definition) is 0. The maximum atomic E-state index is 3.70. The molecule has 4 heteroatoms. The monoisotopic (exact) mass is 1580 g/mol. The number of aryl methyl sites for hydroxylation is 4. The molecule has 0 unspecified atom stereocenters. The molecule has 0 aliphatic carbocycles. The molecular formula is C88H106Hf2Si2-10. The molecule has 0 amide bonds. The average molecular weight is 1580 g/mol. The van der Waals surface area contributed by atoms with Gasteiger partial charge < -0.3 is 41.5 Å². The van der Waals surface area contributed by atoms with Gasteiger partial charge in [0.15, 0.2) is 0 Å². The summed E-state index contributed by atoms with van der Waals surface area (Å²) >= 11 is 0. The Kier molecular flexibility index (Phi) is 50.4. The molecule has 0 saturated heterocycles. The summed E-state index contributed by atoms with van der Waals surface area (Å²) in [5, 5.41) is 10.7. The third-order valence-electron chi connectivity index (χ3n) is 14.1. The van der Waals surface area contributed by atoms with Crippen LogP contribution in [0, 0.1) is 69.2 Å². The Bertz CT molecular complexity index is 3150. The van der Waals surface area contributed by atoms with Gasteiger partial charge in [-0.1, -0.05) is 275 Å². The summed E-state index contributed by atoms with van der Waals surface area (Å²) in [4.78, 5) is 0. The Morgan fingerprint density at radius 1 is 0.261 bits per heavy atom. The van der Waals surface area contributed by atoms with E-state index in [0.29, 0.717) is 0 Å². The number of hydrogen-bond acceptors (Lipinski definition) is 0. The molecule has 0 aliphatic heterocycles. The molecular weight excluding hydrogens is 1470 g/mol. The molecule has 0 heterocycles. The number of benzene rings is 8. The van der Waals surface area contributed by atoms with Crippen LogP contribution in [0.3, 0.4) is 0 Å². The van der Waals surface area contributed by atoms with E-state index in [-0.39, 0.29) is 51.7 Å². The fourth-order valence-corrected chi connectivity index (χ4v) is 9.37. The molecule has 12 rings (SSSR count). The van der Waals surface area contributed by atoms with Crippen LogP contribution in [0.25, 0.3) is 87.6 Å². The van der Waals surface area contributed by atoms with E-state index in [9.17, 15) is 0 Å². The maximum absolute atomic E-state index is 3.70. The molecule has 12 aromatic carbocycles. The smallest absolute Gasteiger partial charge is 0.0184 e. The van der Waals surface area contributed by atoms with E-state index in [1.165, 1.54) is 148 Å². The summed E-state index contributed by atoms with van der Waals surface area (Å²) in [6, 6.07) is 86.2. The van der Waals surface area contributed by atoms with Crippen LogP contribution in [0.4, 0.5) is 0 Å². The minimum absolute atomic E-state index is 0. The van der Waals surface area contributed by atoms with Crippen molar-refractivity contribution in [3.8, 4) is 44.5 Å². The Hall–Kier alpha value is -5.63. The minimum atomic E-state index is 0. The first-order valence-electron chi connectivity index (χ1n) is 32.6. The van der Waals surface area contributed by atoms with Crippen molar-refractivity contribution in [3.05, 3.63) is 306 Å². The molecule has 0 atom stereocenters. The molecule has 484 valence electrons. The van der Waals surface area contributed by atoms with Crippen LogP contribution in [0.5, 0.6) is 0 Å². The van der Waals surface area contributed by atoms with Crippen molar-refractivity contribution < 1.29 is 51.7 Å². The standard InChI is InChI=1S/4C16H13.C6H12.4C4H9.2CH3Si.2Hf/c4*1-12-10-14-8-5-9-15(16(14)11-12)13-6-3-2-4-7-13;1-3-5-6-4-2;4*1-3-4-2;2*1-2;;/h4*2-11H,1H3;1-6H2;4*1,3-4H2,2H3;2*1H3;;/q4*-1;-2;4*-1;;;;. The predicted molar refractivity (Wildman–Crippen MR) is 412 cm³/mol. The molecule has 0 nitrogen and oxygen atoms in total. The second kappa shape index (κ2) is 53.7. The molecule has 6 radical (unpaired) electrons. The fraction of sp³-hybridized carbons (Fsp3) is 0.250. The largest absolute Gasteiger partial charge is 0.343 e. The van der Waals surface area contributed by atoms with E-state index in [2.05, 4.69) is 360 Å². The van der Waals surface area contributed by atoms with Gasteiger partial charge in [-0.2, -0.15) is 62.8 Å². The van der Waals surface area contributed by atoms with Gasteiger partial charge in [0.2, 0.25) is 0 Å². The summed E-state index contributed by atoms with van der Waals surface area (Å²) in [5.41, 5.74) is 15.8. The Morgan fingerprint density at radius 3 is 0.587 bits per heavy atom. The third-order valence-corrected chi connectivity index (χ3v) is 14.1. The van der Waals surface area contributed by atoms with Crippen molar-refractivity contribution >= 4 is 63.6 Å². The van der Waals surface area contributed by atoms with E-state index in [4.69, 9.17) is 0 Å². The quantitative estimate of drug-likeness (QED) is 0.0688. The van der Waals surface area contributed by atoms with Crippen molar-refractivity contribution in [1.82, 2.24) is 0 Å². The molecule has 0 spiro atoms. The van der Waals surface area contributed by atoms with Gasteiger partial charge in [0, 0.05) is 72.2 Å². The zero-order chi connectivity index (χ0) is 66.3. The summed E-state index contributed by atoms with van der Waals surface area (Å²) in [6.07, 6.45) is 13.7. The Morgan fingerprint density at radius 2 is 0.435 bits per heavy atom. The SMILES string of the molecule is C[Si].C[Si].Cc1cc2c(-c3ccccc3)cccc2[cH-]1.Cc1cc2c(-c3ccccc3)cccc2[cH-]1.Cc1cc2c(-c3ccccc3)cccc2[cH-]1.Cc1cc2c(-c3ccccc3)cccc2[cH-]1.[CH2-]CCC.[CH2-]CCC.[CH2-]CCC.[CH2-]CCC.[CH2-]CCCC[CH2-].[Hf].[Hf]. The number of fused-ring (bicyclic) bond motifs is 4. The second-order valence-electron chi connectivity index (χ2n) is 21.7. The van der Waals surface area contributed by atoms with Crippen molar-refractivity contribution in [2.45, 2.75) is 146 Å². The van der Waals surface area contributed by atoms with Crippen molar-refractivity contribution in [2.75, 3.05) is 0 Å². The first-order valence-corrected chi connectivity index (χ1v) is 34.6. The van der Waals surface area contributed by atoms with Gasteiger partial charge in [-0.15, -0.1) is 138 Å². The molecule has 0 aliphatic rings. The Balaban J connectivity index is 0.00000106. The van der Waals surface area contributed by atoms with Crippen LogP contribution in [0.1, 0.15) is 127 Å². The van der Waals surface area contributed by atoms with Gasteiger partial charge in [0.1, 0.15) is 0 Å². The van der Waals surface area contributed by atoms with E-state index >= 15 is 0 Å². The van der Waals surface area contributed by atoms with Crippen LogP contribution >= 0.6 is 0 Å². The van der Waals surface area contributed by atoms with Crippen LogP contribution in [-0.4, -0.2) is 20.5 Å². The minimum Gasteiger partial charge on any atom is -0.343 e. The number of rotatable bonds is 11. The molecule has 0 bridgehead atoms. The van der Waals surface area contributed by atoms with E-state index < -0.39 is 0 Å². The van der Waals surface area contributed by atoms with Gasteiger partial charge >= 0.3 is 0 Å². The van der Waals surface area contributed by atoms with Crippen LogP contribution < -0.4 is 0 Å². The zero-order valence-electron chi connectivity index (χ0n) is 57.8. The van der Waals surface area contributed by atoms with Gasteiger partial charge in [0.05, 0.1) is 0 Å².